The van der Waals surface area contributed by atoms with Gasteiger partial charge in [0.05, 0.1) is 30.0 Å². The van der Waals surface area contributed by atoms with Gasteiger partial charge in [-0.2, -0.15) is 0 Å². The Balaban J connectivity index is 3.30. The average molecular weight is 360 g/mol. The number of methoxy groups -OCH3 is 1. The van der Waals surface area contributed by atoms with E-state index in [1.807, 2.05) is 6.92 Å². The highest BCUT2D eigenvalue weighted by Gasteiger charge is 2.25. The average Bonchev–Trinajstić information content (AvgIpc) is 2.47. The van der Waals surface area contributed by atoms with Crippen molar-refractivity contribution in [3.8, 4) is 5.75 Å². The number of hydrogen-bond donors (Lipinski definition) is 0. The van der Waals surface area contributed by atoms with Crippen LogP contribution in [0.15, 0.2) is 12.1 Å². The zero-order valence-corrected chi connectivity index (χ0v) is 15.2. The molecule has 1 amide bonds. The zero-order chi connectivity index (χ0) is 18.3. The van der Waals surface area contributed by atoms with Gasteiger partial charge < -0.3 is 19.0 Å². The maximum Gasteiger partial charge on any atom is 0.448 e. The second-order valence-corrected chi connectivity index (χ2v) is 5.50. The van der Waals surface area contributed by atoms with Gasteiger partial charge in [-0.15, -0.1) is 5.06 Å². The standard InChI is InChI=1S/C16H22ClNO6/c1-6-22-15-12(9-21-5)7-13(8-14(15)17)18(24-11(4)19)16(20)23-10(2)3/h7-8,10H,6,9H2,1-5H3. The van der Waals surface area contributed by atoms with Gasteiger partial charge in [-0.1, -0.05) is 11.6 Å². The summed E-state index contributed by atoms with van der Waals surface area (Å²) >= 11 is 6.24. The summed E-state index contributed by atoms with van der Waals surface area (Å²) in [4.78, 5) is 28.5. The van der Waals surface area contributed by atoms with Crippen LogP contribution in [0.2, 0.25) is 5.02 Å². The molecule has 0 aliphatic heterocycles. The number of rotatable bonds is 6. The van der Waals surface area contributed by atoms with Crippen LogP contribution in [0, 0.1) is 0 Å². The number of carbonyl (C=O) groups excluding carboxylic acids is 2. The van der Waals surface area contributed by atoms with E-state index in [9.17, 15) is 9.59 Å². The van der Waals surface area contributed by atoms with Gasteiger partial charge >= 0.3 is 12.1 Å². The monoisotopic (exact) mass is 359 g/mol. The van der Waals surface area contributed by atoms with Crippen LogP contribution < -0.4 is 9.80 Å². The molecule has 0 N–H and O–H groups in total. The molecule has 0 spiro atoms. The molecule has 1 aromatic carbocycles. The number of hydrogen-bond acceptors (Lipinski definition) is 6. The van der Waals surface area contributed by atoms with Gasteiger partial charge in [0.15, 0.2) is 0 Å². The Kier molecular flexibility index (Phi) is 7.81. The predicted octanol–water partition coefficient (Wildman–Crippen LogP) is 3.71. The van der Waals surface area contributed by atoms with Crippen LogP contribution >= 0.6 is 11.6 Å². The minimum atomic E-state index is -0.830. The summed E-state index contributed by atoms with van der Waals surface area (Å²) in [6, 6.07) is 3.04. The lowest BCUT2D eigenvalue weighted by molar-refractivity contribution is -0.142. The van der Waals surface area contributed by atoms with Gasteiger partial charge in [0.25, 0.3) is 0 Å². The molecule has 0 bridgehead atoms. The fourth-order valence-corrected chi connectivity index (χ4v) is 2.18. The Morgan fingerprint density at radius 1 is 1.29 bits per heavy atom. The fourth-order valence-electron chi connectivity index (χ4n) is 1.89. The Morgan fingerprint density at radius 3 is 2.46 bits per heavy atom. The highest BCUT2D eigenvalue weighted by Crippen LogP contribution is 2.35. The molecular formula is C16H22ClNO6. The second-order valence-electron chi connectivity index (χ2n) is 5.09. The Labute approximate surface area is 146 Å². The molecule has 1 rings (SSSR count). The van der Waals surface area contributed by atoms with E-state index in [-0.39, 0.29) is 23.4 Å². The van der Waals surface area contributed by atoms with Crippen molar-refractivity contribution in [3.05, 3.63) is 22.7 Å². The lowest BCUT2D eigenvalue weighted by Gasteiger charge is -2.23. The minimum absolute atomic E-state index is 0.204. The summed E-state index contributed by atoms with van der Waals surface area (Å²) in [6.07, 6.45) is -1.21. The van der Waals surface area contributed by atoms with Gasteiger partial charge in [0.1, 0.15) is 5.75 Å². The summed E-state index contributed by atoms with van der Waals surface area (Å²) in [7, 11) is 1.52. The van der Waals surface area contributed by atoms with Crippen molar-refractivity contribution in [2.75, 3.05) is 18.8 Å². The summed E-state index contributed by atoms with van der Waals surface area (Å²) in [5, 5.41) is 1.01. The maximum atomic E-state index is 12.2. The smallest absolute Gasteiger partial charge is 0.448 e. The number of hydroxylamine groups is 1. The SMILES string of the molecule is CCOc1c(Cl)cc(N(OC(C)=O)C(=O)OC(C)C)cc1COC. The van der Waals surface area contributed by atoms with E-state index in [1.54, 1.807) is 19.9 Å². The molecule has 0 saturated carbocycles. The predicted molar refractivity (Wildman–Crippen MR) is 89.2 cm³/mol. The topological polar surface area (TPSA) is 74.3 Å². The van der Waals surface area contributed by atoms with E-state index in [2.05, 4.69) is 0 Å². The zero-order valence-electron chi connectivity index (χ0n) is 14.4. The summed E-state index contributed by atoms with van der Waals surface area (Å²) in [5.41, 5.74) is 0.840. The van der Waals surface area contributed by atoms with Crippen LogP contribution in [0.1, 0.15) is 33.3 Å². The number of anilines is 1. The number of ether oxygens (including phenoxy) is 3. The first-order chi connectivity index (χ1) is 11.3. The van der Waals surface area contributed by atoms with E-state index < -0.39 is 12.1 Å². The first-order valence-electron chi connectivity index (χ1n) is 7.43. The quantitative estimate of drug-likeness (QED) is 0.721. The molecule has 0 aliphatic carbocycles. The van der Waals surface area contributed by atoms with E-state index >= 15 is 0 Å². The van der Waals surface area contributed by atoms with Gasteiger partial charge in [-0.05, 0) is 32.9 Å². The van der Waals surface area contributed by atoms with Crippen molar-refractivity contribution in [1.29, 1.82) is 0 Å². The molecule has 0 atom stereocenters. The van der Waals surface area contributed by atoms with E-state index in [0.717, 1.165) is 5.06 Å². The van der Waals surface area contributed by atoms with Crippen LogP contribution in [0.5, 0.6) is 5.75 Å². The van der Waals surface area contributed by atoms with Crippen LogP contribution in [0.3, 0.4) is 0 Å². The lowest BCUT2D eigenvalue weighted by Crippen LogP contribution is -2.35. The van der Waals surface area contributed by atoms with Crippen LogP contribution in [-0.4, -0.2) is 31.9 Å². The first kappa shape index (κ1) is 20.1. The first-order valence-corrected chi connectivity index (χ1v) is 7.81. The molecule has 0 heterocycles. The normalized spacial score (nSPS) is 10.5. The Bertz CT molecular complexity index is 590. The van der Waals surface area contributed by atoms with Crippen LogP contribution in [0.4, 0.5) is 10.5 Å². The van der Waals surface area contributed by atoms with Gasteiger partial charge in [-0.3, -0.25) is 0 Å². The fraction of sp³-hybridized carbons (Fsp3) is 0.500. The maximum absolute atomic E-state index is 12.2. The molecule has 0 saturated heterocycles. The largest absolute Gasteiger partial charge is 0.492 e. The van der Waals surface area contributed by atoms with E-state index in [0.29, 0.717) is 17.9 Å². The van der Waals surface area contributed by atoms with Crippen LogP contribution in [0.25, 0.3) is 0 Å². The van der Waals surface area contributed by atoms with Crippen molar-refractivity contribution in [1.82, 2.24) is 0 Å². The number of amides is 1. The Morgan fingerprint density at radius 2 is 1.96 bits per heavy atom. The molecule has 0 radical (unpaired) electrons. The highest BCUT2D eigenvalue weighted by molar-refractivity contribution is 6.32. The van der Waals surface area contributed by atoms with Crippen LogP contribution in [-0.2, 0) is 25.7 Å². The summed E-state index contributed by atoms with van der Waals surface area (Å²) in [5.74, 6) is -0.223. The Hall–Kier alpha value is -1.99. The molecule has 1 aromatic rings. The molecule has 24 heavy (non-hydrogen) atoms. The third-order valence-corrected chi connectivity index (χ3v) is 2.93. The number of halogens is 1. The number of nitrogens with zero attached hydrogens (tertiary/aromatic N) is 1. The van der Waals surface area contributed by atoms with Crippen molar-refractivity contribution < 1.29 is 28.6 Å². The molecule has 134 valence electrons. The lowest BCUT2D eigenvalue weighted by atomic mass is 10.2. The highest BCUT2D eigenvalue weighted by atomic mass is 35.5. The van der Waals surface area contributed by atoms with Gasteiger partial charge in [0, 0.05) is 19.6 Å². The summed E-state index contributed by atoms with van der Waals surface area (Å²) < 4.78 is 15.7. The second kappa shape index (κ2) is 9.34. The summed E-state index contributed by atoms with van der Waals surface area (Å²) in [6.45, 7) is 7.00. The van der Waals surface area contributed by atoms with E-state index in [4.69, 9.17) is 30.6 Å². The molecule has 0 aromatic heterocycles. The number of carbonyl (C=O) groups is 2. The molecule has 7 nitrogen and oxygen atoms in total. The molecule has 0 aliphatic rings. The van der Waals surface area contributed by atoms with Gasteiger partial charge in [-0.25, -0.2) is 9.59 Å². The third-order valence-electron chi connectivity index (χ3n) is 2.65. The molecule has 0 fully saturated rings. The van der Waals surface area contributed by atoms with Crippen molar-refractivity contribution in [2.45, 2.75) is 40.4 Å². The van der Waals surface area contributed by atoms with E-state index in [1.165, 1.54) is 20.1 Å². The van der Waals surface area contributed by atoms with Crippen molar-refractivity contribution >= 4 is 29.4 Å². The molecular weight excluding hydrogens is 338 g/mol. The van der Waals surface area contributed by atoms with Crippen molar-refractivity contribution in [2.24, 2.45) is 0 Å². The molecule has 8 heteroatoms. The minimum Gasteiger partial charge on any atom is -0.492 e. The van der Waals surface area contributed by atoms with Gasteiger partial charge in [0.2, 0.25) is 0 Å². The molecule has 0 unspecified atom stereocenters. The number of benzene rings is 1. The third kappa shape index (κ3) is 5.58. The van der Waals surface area contributed by atoms with Crippen molar-refractivity contribution in [3.63, 3.8) is 0 Å².